The molecular weight excluding hydrogens is 264 g/mol. The molecule has 20 heavy (non-hydrogen) atoms. The van der Waals surface area contributed by atoms with Gasteiger partial charge in [0.15, 0.2) is 0 Å². The zero-order valence-corrected chi connectivity index (χ0v) is 10.7. The fourth-order valence-electron chi connectivity index (χ4n) is 2.47. The number of rotatable bonds is 4. The maximum atomic E-state index is 11.2. The van der Waals surface area contributed by atoms with Gasteiger partial charge in [0.2, 0.25) is 0 Å². The van der Waals surface area contributed by atoms with Gasteiger partial charge in [0.05, 0.1) is 0 Å². The van der Waals surface area contributed by atoms with Crippen LogP contribution < -0.4 is 5.73 Å². The summed E-state index contributed by atoms with van der Waals surface area (Å²) in [5.41, 5.74) is 4.89. The molecule has 1 aromatic rings. The molecule has 0 spiro atoms. The first-order valence-corrected chi connectivity index (χ1v) is 6.09. The first-order valence-electron chi connectivity index (χ1n) is 6.09. The lowest BCUT2D eigenvalue weighted by Crippen LogP contribution is -2.50. The van der Waals surface area contributed by atoms with E-state index in [1.165, 1.54) is 17.0 Å². The number of phenols is 1. The smallest absolute Gasteiger partial charge is 0.325 e. The molecule has 1 heterocycles. The lowest BCUT2D eigenvalue weighted by Gasteiger charge is -2.21. The quantitative estimate of drug-likeness (QED) is 0.603. The standard InChI is InChI=1S/C13H16N2O5/c14-13(12(19)20)5-10(11(17)18)15(7-13)6-8-2-1-3-9(16)4-8/h1-4,10,16H,5-7,14H2,(H,17,18)(H,19,20)/t10-,13-/m1/s1. The molecule has 1 aromatic carbocycles. The highest BCUT2D eigenvalue weighted by molar-refractivity contribution is 5.83. The fourth-order valence-corrected chi connectivity index (χ4v) is 2.47. The van der Waals surface area contributed by atoms with Crippen molar-refractivity contribution in [3.8, 4) is 5.75 Å². The maximum absolute atomic E-state index is 11.2. The Labute approximate surface area is 115 Å². The van der Waals surface area contributed by atoms with Crippen molar-refractivity contribution in [2.24, 2.45) is 5.73 Å². The third-order valence-corrected chi connectivity index (χ3v) is 3.49. The zero-order chi connectivity index (χ0) is 14.9. The Balaban J connectivity index is 2.21. The van der Waals surface area contributed by atoms with E-state index in [-0.39, 0.29) is 25.3 Å². The molecule has 0 radical (unpaired) electrons. The van der Waals surface area contributed by atoms with Crippen molar-refractivity contribution in [2.75, 3.05) is 6.54 Å². The van der Waals surface area contributed by atoms with E-state index < -0.39 is 23.5 Å². The van der Waals surface area contributed by atoms with Crippen LogP contribution in [-0.4, -0.2) is 50.3 Å². The number of carboxylic acids is 2. The van der Waals surface area contributed by atoms with E-state index in [0.29, 0.717) is 5.56 Å². The van der Waals surface area contributed by atoms with E-state index in [1.54, 1.807) is 12.1 Å². The van der Waals surface area contributed by atoms with E-state index in [9.17, 15) is 19.8 Å². The topological polar surface area (TPSA) is 124 Å². The summed E-state index contributed by atoms with van der Waals surface area (Å²) in [5, 5.41) is 27.7. The molecule has 2 atom stereocenters. The second-order valence-corrected chi connectivity index (χ2v) is 5.09. The predicted molar refractivity (Wildman–Crippen MR) is 69.1 cm³/mol. The van der Waals surface area contributed by atoms with Gasteiger partial charge in [0.25, 0.3) is 0 Å². The number of aromatic hydroxyl groups is 1. The average molecular weight is 280 g/mol. The summed E-state index contributed by atoms with van der Waals surface area (Å²) in [5.74, 6) is -2.23. The second-order valence-electron chi connectivity index (χ2n) is 5.09. The van der Waals surface area contributed by atoms with Crippen molar-refractivity contribution in [1.82, 2.24) is 4.90 Å². The predicted octanol–water partition coefficient (Wildman–Crippen LogP) is -0.167. The van der Waals surface area contributed by atoms with Crippen LogP contribution in [0.2, 0.25) is 0 Å². The summed E-state index contributed by atoms with van der Waals surface area (Å²) in [6, 6.07) is 5.45. The molecule has 5 N–H and O–H groups in total. The summed E-state index contributed by atoms with van der Waals surface area (Å²) in [4.78, 5) is 23.9. The van der Waals surface area contributed by atoms with Gasteiger partial charge in [-0.05, 0) is 17.7 Å². The van der Waals surface area contributed by atoms with Crippen molar-refractivity contribution in [3.63, 3.8) is 0 Å². The monoisotopic (exact) mass is 280 g/mol. The molecule has 0 saturated carbocycles. The summed E-state index contributed by atoms with van der Waals surface area (Å²) >= 11 is 0. The first-order chi connectivity index (χ1) is 9.32. The Kier molecular flexibility index (Phi) is 3.65. The molecule has 7 heteroatoms. The van der Waals surface area contributed by atoms with E-state index in [4.69, 9.17) is 10.8 Å². The Bertz CT molecular complexity index is 547. The third-order valence-electron chi connectivity index (χ3n) is 3.49. The van der Waals surface area contributed by atoms with Gasteiger partial charge in [0, 0.05) is 19.5 Å². The van der Waals surface area contributed by atoms with Crippen molar-refractivity contribution < 1.29 is 24.9 Å². The van der Waals surface area contributed by atoms with Crippen molar-refractivity contribution in [3.05, 3.63) is 29.8 Å². The lowest BCUT2D eigenvalue weighted by atomic mass is 9.98. The summed E-state index contributed by atoms with van der Waals surface area (Å²) in [6.45, 7) is 0.173. The highest BCUT2D eigenvalue weighted by Gasteiger charge is 2.49. The van der Waals surface area contributed by atoms with Gasteiger partial charge in [-0.1, -0.05) is 12.1 Å². The van der Waals surface area contributed by atoms with E-state index in [1.807, 2.05) is 0 Å². The summed E-state index contributed by atoms with van der Waals surface area (Å²) in [7, 11) is 0. The number of nitrogens with two attached hydrogens (primary N) is 1. The van der Waals surface area contributed by atoms with Gasteiger partial charge in [-0.3, -0.25) is 14.5 Å². The Morgan fingerprint density at radius 1 is 1.40 bits per heavy atom. The van der Waals surface area contributed by atoms with Crippen LogP contribution in [0.25, 0.3) is 0 Å². The minimum atomic E-state index is -1.56. The van der Waals surface area contributed by atoms with Crippen LogP contribution in [0.5, 0.6) is 5.75 Å². The Hall–Kier alpha value is -2.12. The summed E-state index contributed by atoms with van der Waals surface area (Å²) in [6.07, 6.45) is -0.142. The minimum absolute atomic E-state index is 0.0467. The van der Waals surface area contributed by atoms with Crippen LogP contribution in [-0.2, 0) is 16.1 Å². The SMILES string of the molecule is N[C@]1(C(=O)O)C[C@H](C(=O)O)N(Cc2cccc(O)c2)C1. The molecule has 0 unspecified atom stereocenters. The maximum Gasteiger partial charge on any atom is 0.325 e. The number of aliphatic carboxylic acids is 2. The van der Waals surface area contributed by atoms with Crippen LogP contribution in [0.15, 0.2) is 24.3 Å². The number of likely N-dealkylation sites (tertiary alicyclic amines) is 1. The average Bonchev–Trinajstić information content (AvgIpc) is 2.68. The van der Waals surface area contributed by atoms with Gasteiger partial charge in [0.1, 0.15) is 17.3 Å². The van der Waals surface area contributed by atoms with Crippen LogP contribution in [0.1, 0.15) is 12.0 Å². The molecule has 7 nitrogen and oxygen atoms in total. The first kappa shape index (κ1) is 14.3. The van der Waals surface area contributed by atoms with Crippen LogP contribution in [0.3, 0.4) is 0 Å². The van der Waals surface area contributed by atoms with Gasteiger partial charge >= 0.3 is 11.9 Å². The van der Waals surface area contributed by atoms with Crippen LogP contribution in [0, 0.1) is 0 Å². The number of benzene rings is 1. The Morgan fingerprint density at radius 3 is 2.65 bits per heavy atom. The van der Waals surface area contributed by atoms with E-state index in [2.05, 4.69) is 0 Å². The number of carbonyl (C=O) groups is 2. The van der Waals surface area contributed by atoms with Crippen LogP contribution in [0.4, 0.5) is 0 Å². The molecule has 0 aromatic heterocycles. The fraction of sp³-hybridized carbons (Fsp3) is 0.385. The molecule has 0 aliphatic carbocycles. The largest absolute Gasteiger partial charge is 0.508 e. The molecule has 1 aliphatic rings. The number of hydrogen-bond acceptors (Lipinski definition) is 5. The van der Waals surface area contributed by atoms with Gasteiger partial charge in [-0.25, -0.2) is 0 Å². The second kappa shape index (κ2) is 5.10. The van der Waals surface area contributed by atoms with E-state index in [0.717, 1.165) is 0 Å². The van der Waals surface area contributed by atoms with Crippen LogP contribution >= 0.6 is 0 Å². The van der Waals surface area contributed by atoms with E-state index >= 15 is 0 Å². The molecule has 1 aliphatic heterocycles. The number of carboxylic acid groups (broad SMARTS) is 2. The van der Waals surface area contributed by atoms with Crippen molar-refractivity contribution in [2.45, 2.75) is 24.5 Å². The summed E-state index contributed by atoms with van der Waals surface area (Å²) < 4.78 is 0. The molecule has 0 amide bonds. The molecule has 0 bridgehead atoms. The number of phenolic OH excluding ortho intramolecular Hbond substituents is 1. The third kappa shape index (κ3) is 2.73. The normalized spacial score (nSPS) is 26.6. The molecule has 1 fully saturated rings. The molecule has 1 saturated heterocycles. The Morgan fingerprint density at radius 2 is 2.10 bits per heavy atom. The number of hydrogen-bond donors (Lipinski definition) is 4. The molecule has 108 valence electrons. The van der Waals surface area contributed by atoms with Gasteiger partial charge in [-0.2, -0.15) is 0 Å². The highest BCUT2D eigenvalue weighted by Crippen LogP contribution is 2.28. The zero-order valence-electron chi connectivity index (χ0n) is 10.7. The molecule has 2 rings (SSSR count). The van der Waals surface area contributed by atoms with Crippen molar-refractivity contribution in [1.29, 1.82) is 0 Å². The number of nitrogens with zero attached hydrogens (tertiary/aromatic N) is 1. The minimum Gasteiger partial charge on any atom is -0.508 e. The lowest BCUT2D eigenvalue weighted by molar-refractivity contribution is -0.142. The highest BCUT2D eigenvalue weighted by atomic mass is 16.4. The van der Waals surface area contributed by atoms with Gasteiger partial charge in [-0.15, -0.1) is 0 Å². The van der Waals surface area contributed by atoms with Crippen molar-refractivity contribution >= 4 is 11.9 Å². The molecular formula is C13H16N2O5. The van der Waals surface area contributed by atoms with Gasteiger partial charge < -0.3 is 21.1 Å².